The molecular weight excluding hydrogens is 376 g/mol. The number of benzene rings is 1. The topological polar surface area (TPSA) is 59.7 Å². The zero-order valence-corrected chi connectivity index (χ0v) is 17.6. The van der Waals surface area contributed by atoms with Crippen LogP contribution in [-0.4, -0.2) is 5.11 Å². The van der Waals surface area contributed by atoms with Gasteiger partial charge in [0.15, 0.2) is 0 Å². The minimum Gasteiger partial charge on any atom is -0.507 e. The van der Waals surface area contributed by atoms with Crippen LogP contribution in [0.15, 0.2) is 51.9 Å². The summed E-state index contributed by atoms with van der Waals surface area (Å²) in [4.78, 5) is 13.1. The Hall–Kier alpha value is -2.49. The number of rotatable bonds is 8. The quantitative estimate of drug-likeness (QED) is 0.610. The third-order valence-electron chi connectivity index (χ3n) is 6.88. The summed E-state index contributed by atoms with van der Waals surface area (Å²) in [6.45, 7) is 2.08. The number of aromatic hydroxyl groups is 1. The Morgan fingerprint density at radius 2 is 1.87 bits per heavy atom. The van der Waals surface area contributed by atoms with Gasteiger partial charge in [0.25, 0.3) is 0 Å². The molecule has 0 radical (unpaired) electrons. The Morgan fingerprint density at radius 3 is 2.47 bits per heavy atom. The molecular formula is C26H30O4. The van der Waals surface area contributed by atoms with Crippen molar-refractivity contribution in [2.75, 3.05) is 0 Å². The molecule has 5 rings (SSSR count). The molecule has 0 spiro atoms. The lowest BCUT2D eigenvalue weighted by Crippen LogP contribution is -2.32. The van der Waals surface area contributed by atoms with Gasteiger partial charge in [0.1, 0.15) is 22.7 Å². The average Bonchev–Trinajstić information content (AvgIpc) is 3.64. The summed E-state index contributed by atoms with van der Waals surface area (Å²) >= 11 is 0. The first kappa shape index (κ1) is 19.5. The van der Waals surface area contributed by atoms with Crippen molar-refractivity contribution < 1.29 is 14.3 Å². The summed E-state index contributed by atoms with van der Waals surface area (Å²) in [5.41, 5.74) is 1.54. The lowest BCUT2D eigenvalue weighted by Gasteiger charge is -2.29. The minimum absolute atomic E-state index is 0.0234. The number of hydrogen-bond acceptors (Lipinski definition) is 4. The summed E-state index contributed by atoms with van der Waals surface area (Å²) in [5, 5.41) is 11.0. The molecule has 2 aromatic rings. The molecule has 30 heavy (non-hydrogen) atoms. The van der Waals surface area contributed by atoms with Crippen LogP contribution >= 0.6 is 0 Å². The van der Waals surface area contributed by atoms with Crippen molar-refractivity contribution in [3.05, 3.63) is 75.5 Å². The number of aryl methyl sites for hydroxylation is 1. The second-order valence-electron chi connectivity index (χ2n) is 9.60. The molecule has 2 aliphatic carbocycles. The highest BCUT2D eigenvalue weighted by Gasteiger charge is 2.45. The second kappa shape index (κ2) is 7.64. The Bertz CT molecular complexity index is 985. The van der Waals surface area contributed by atoms with Gasteiger partial charge in [-0.25, -0.2) is 4.79 Å². The highest BCUT2D eigenvalue weighted by Crippen LogP contribution is 2.48. The van der Waals surface area contributed by atoms with E-state index in [1.54, 1.807) is 12.3 Å². The van der Waals surface area contributed by atoms with E-state index in [2.05, 4.69) is 31.2 Å². The molecule has 4 heteroatoms. The SMILES string of the molecule is Cc1ccc(CC(CC2CC2)c2cc(O)c(C3(CC4CC4)CC=CO3)c(=O)o2)cc1. The number of ether oxygens (including phenoxy) is 1. The fourth-order valence-corrected chi connectivity index (χ4v) is 4.83. The predicted molar refractivity (Wildman–Crippen MR) is 115 cm³/mol. The zero-order chi connectivity index (χ0) is 20.7. The zero-order valence-electron chi connectivity index (χ0n) is 17.6. The van der Waals surface area contributed by atoms with Crippen molar-refractivity contribution in [2.45, 2.75) is 69.8 Å². The van der Waals surface area contributed by atoms with Crippen molar-refractivity contribution in [3.63, 3.8) is 0 Å². The summed E-state index contributed by atoms with van der Waals surface area (Å²) < 4.78 is 11.8. The average molecular weight is 407 g/mol. The molecule has 0 bridgehead atoms. The van der Waals surface area contributed by atoms with Crippen LogP contribution in [-0.2, 0) is 16.8 Å². The van der Waals surface area contributed by atoms with Crippen molar-refractivity contribution >= 4 is 0 Å². The first-order valence-electron chi connectivity index (χ1n) is 11.3. The van der Waals surface area contributed by atoms with Gasteiger partial charge in [0.2, 0.25) is 0 Å². The molecule has 1 aromatic carbocycles. The summed E-state index contributed by atoms with van der Waals surface area (Å²) in [5.74, 6) is 1.97. The van der Waals surface area contributed by atoms with Gasteiger partial charge in [-0.3, -0.25) is 0 Å². The van der Waals surface area contributed by atoms with Gasteiger partial charge in [0, 0.05) is 18.4 Å². The van der Waals surface area contributed by atoms with Crippen LogP contribution in [0.5, 0.6) is 5.75 Å². The molecule has 1 aliphatic heterocycles. The normalized spacial score (nSPS) is 24.0. The van der Waals surface area contributed by atoms with Crippen molar-refractivity contribution in [2.24, 2.45) is 11.8 Å². The van der Waals surface area contributed by atoms with E-state index < -0.39 is 11.2 Å². The van der Waals surface area contributed by atoms with Crippen LogP contribution in [0.3, 0.4) is 0 Å². The van der Waals surface area contributed by atoms with Crippen LogP contribution < -0.4 is 5.63 Å². The van der Waals surface area contributed by atoms with Crippen molar-refractivity contribution in [1.82, 2.24) is 0 Å². The highest BCUT2D eigenvalue weighted by molar-refractivity contribution is 5.38. The van der Waals surface area contributed by atoms with E-state index in [0.29, 0.717) is 29.6 Å². The molecule has 4 nitrogen and oxygen atoms in total. The lowest BCUT2D eigenvalue weighted by atomic mass is 9.85. The first-order chi connectivity index (χ1) is 14.5. The standard InChI is InChI=1S/C26H30O4/c1-17-3-5-18(6-4-17)13-21(14-19-7-8-19)23-15-22(27)24(25(28)30-23)26(11-2-12-29-26)16-20-9-10-20/h2-6,12,15,19-21,27H,7-11,13-14,16H2,1H3. The lowest BCUT2D eigenvalue weighted by molar-refractivity contribution is 0.0209. The molecule has 2 heterocycles. The smallest absolute Gasteiger partial charge is 0.347 e. The van der Waals surface area contributed by atoms with Crippen LogP contribution in [0.4, 0.5) is 0 Å². The maximum Gasteiger partial charge on any atom is 0.347 e. The van der Waals surface area contributed by atoms with Crippen LogP contribution in [0.2, 0.25) is 0 Å². The van der Waals surface area contributed by atoms with E-state index in [-0.39, 0.29) is 11.7 Å². The third-order valence-corrected chi connectivity index (χ3v) is 6.88. The van der Waals surface area contributed by atoms with Gasteiger partial charge in [-0.05, 0) is 49.7 Å². The first-order valence-corrected chi connectivity index (χ1v) is 11.3. The van der Waals surface area contributed by atoms with Gasteiger partial charge in [-0.2, -0.15) is 0 Å². The Labute approximate surface area is 177 Å². The van der Waals surface area contributed by atoms with Gasteiger partial charge < -0.3 is 14.3 Å². The largest absolute Gasteiger partial charge is 0.507 e. The Morgan fingerprint density at radius 1 is 1.13 bits per heavy atom. The van der Waals surface area contributed by atoms with E-state index >= 15 is 0 Å². The molecule has 2 unspecified atom stereocenters. The van der Waals surface area contributed by atoms with Crippen molar-refractivity contribution in [3.8, 4) is 5.75 Å². The molecule has 1 aromatic heterocycles. The molecule has 1 N–H and O–H groups in total. The highest BCUT2D eigenvalue weighted by atomic mass is 16.5. The maximum absolute atomic E-state index is 13.1. The molecule has 158 valence electrons. The Kier molecular flexibility index (Phi) is 4.96. The van der Waals surface area contributed by atoms with Crippen LogP contribution in [0.25, 0.3) is 0 Å². The minimum atomic E-state index is -0.771. The van der Waals surface area contributed by atoms with Gasteiger partial charge in [-0.15, -0.1) is 0 Å². The molecule has 2 fully saturated rings. The van der Waals surface area contributed by atoms with Crippen LogP contribution in [0, 0.1) is 18.8 Å². The fourth-order valence-electron chi connectivity index (χ4n) is 4.83. The molecule has 2 saturated carbocycles. The third kappa shape index (κ3) is 4.05. The van der Waals surface area contributed by atoms with E-state index in [4.69, 9.17) is 9.15 Å². The second-order valence-corrected chi connectivity index (χ2v) is 9.60. The maximum atomic E-state index is 13.1. The van der Waals surface area contributed by atoms with E-state index in [1.807, 2.05) is 6.08 Å². The van der Waals surface area contributed by atoms with E-state index in [0.717, 1.165) is 32.1 Å². The predicted octanol–water partition coefficient (Wildman–Crippen LogP) is 5.71. The fraction of sp³-hybridized carbons (Fsp3) is 0.500. The summed E-state index contributed by atoms with van der Waals surface area (Å²) in [7, 11) is 0. The van der Waals surface area contributed by atoms with E-state index in [1.165, 1.54) is 24.0 Å². The van der Waals surface area contributed by atoms with Crippen LogP contribution in [0.1, 0.15) is 73.3 Å². The molecule has 2 atom stereocenters. The van der Waals surface area contributed by atoms with Gasteiger partial charge >= 0.3 is 5.63 Å². The molecule has 0 amide bonds. The van der Waals surface area contributed by atoms with E-state index in [9.17, 15) is 9.90 Å². The molecule has 3 aliphatic rings. The Balaban J connectivity index is 1.46. The van der Waals surface area contributed by atoms with Gasteiger partial charge in [-0.1, -0.05) is 55.5 Å². The monoisotopic (exact) mass is 406 g/mol. The van der Waals surface area contributed by atoms with Gasteiger partial charge in [0.05, 0.1) is 6.26 Å². The van der Waals surface area contributed by atoms with Crippen molar-refractivity contribution in [1.29, 1.82) is 0 Å². The molecule has 0 saturated heterocycles. The summed E-state index contributed by atoms with van der Waals surface area (Å²) in [6, 6.07) is 10.2. The summed E-state index contributed by atoms with van der Waals surface area (Å²) in [6.07, 6.45) is 11.5. The number of hydrogen-bond donors (Lipinski definition) is 1.